The Morgan fingerprint density at radius 1 is 0.360 bits per heavy atom. The van der Waals surface area contributed by atoms with Gasteiger partial charge in [-0.2, -0.15) is 0 Å². The minimum absolute atomic E-state index is 0.564. The van der Waals surface area contributed by atoms with E-state index in [1.807, 2.05) is 84.9 Å². The number of benzene rings is 7. The lowest BCUT2D eigenvalue weighted by atomic mass is 10.0. The number of aromatic nitrogens is 3. The molecule has 0 radical (unpaired) electrons. The van der Waals surface area contributed by atoms with Crippen LogP contribution in [0.25, 0.3) is 67.2 Å². The molecule has 7 aromatic carbocycles. The summed E-state index contributed by atoms with van der Waals surface area (Å²) in [5, 5.41) is 2.05. The monoisotopic (exact) mass is 642 g/mol. The van der Waals surface area contributed by atoms with Gasteiger partial charge in [0.25, 0.3) is 0 Å². The van der Waals surface area contributed by atoms with E-state index in [9.17, 15) is 0 Å². The quantitative estimate of drug-likeness (QED) is 0.173. The van der Waals surface area contributed by atoms with Gasteiger partial charge in [-0.25, -0.2) is 15.0 Å². The van der Waals surface area contributed by atoms with Crippen molar-refractivity contribution < 1.29 is 4.42 Å². The summed E-state index contributed by atoms with van der Waals surface area (Å²) in [5.41, 5.74) is 9.57. The lowest BCUT2D eigenvalue weighted by molar-refractivity contribution is 0.669. The minimum Gasteiger partial charge on any atom is -0.456 e. The Labute approximate surface area is 289 Å². The molecular weight excluding hydrogens is 613 g/mol. The summed E-state index contributed by atoms with van der Waals surface area (Å²) < 4.78 is 6.59. The second-order valence-electron chi connectivity index (χ2n) is 12.1. The first-order valence-electron chi connectivity index (χ1n) is 16.6. The average molecular weight is 643 g/mol. The molecule has 2 aromatic heterocycles. The van der Waals surface area contributed by atoms with Crippen molar-refractivity contribution >= 4 is 39.0 Å². The zero-order valence-electron chi connectivity index (χ0n) is 27.0. The van der Waals surface area contributed by atoms with Crippen LogP contribution in [0.15, 0.2) is 186 Å². The molecule has 9 rings (SSSR count). The summed E-state index contributed by atoms with van der Waals surface area (Å²) in [4.78, 5) is 17.4. The number of hydrogen-bond acceptors (Lipinski definition) is 5. The van der Waals surface area contributed by atoms with Gasteiger partial charge in [0.05, 0.1) is 11.1 Å². The largest absolute Gasteiger partial charge is 0.456 e. The van der Waals surface area contributed by atoms with Crippen LogP contribution >= 0.6 is 0 Å². The van der Waals surface area contributed by atoms with Crippen LogP contribution in [0.4, 0.5) is 17.1 Å². The van der Waals surface area contributed by atoms with E-state index in [1.165, 1.54) is 5.56 Å². The lowest BCUT2D eigenvalue weighted by Gasteiger charge is -2.27. The van der Waals surface area contributed by atoms with Gasteiger partial charge in [-0.15, -0.1) is 0 Å². The molecule has 0 saturated heterocycles. The zero-order chi connectivity index (χ0) is 33.3. The Balaban J connectivity index is 1.30. The van der Waals surface area contributed by atoms with Gasteiger partial charge in [0.1, 0.15) is 11.2 Å². The Morgan fingerprint density at radius 3 is 1.42 bits per heavy atom. The Bertz CT molecular complexity index is 2510. The third-order valence-electron chi connectivity index (χ3n) is 8.90. The third-order valence-corrected chi connectivity index (χ3v) is 8.90. The van der Waals surface area contributed by atoms with Crippen molar-refractivity contribution in [2.45, 2.75) is 0 Å². The van der Waals surface area contributed by atoms with Crippen LogP contribution in [-0.2, 0) is 0 Å². The van der Waals surface area contributed by atoms with Crippen LogP contribution in [0, 0.1) is 0 Å². The van der Waals surface area contributed by atoms with E-state index in [0.717, 1.165) is 61.3 Å². The molecule has 0 amide bonds. The van der Waals surface area contributed by atoms with E-state index in [-0.39, 0.29) is 0 Å². The number of rotatable bonds is 7. The number of anilines is 3. The van der Waals surface area contributed by atoms with Crippen molar-refractivity contribution in [3.8, 4) is 45.3 Å². The fourth-order valence-electron chi connectivity index (χ4n) is 6.51. The van der Waals surface area contributed by atoms with Gasteiger partial charge >= 0.3 is 0 Å². The Morgan fingerprint density at radius 2 is 0.820 bits per heavy atom. The van der Waals surface area contributed by atoms with Gasteiger partial charge in [-0.1, -0.05) is 140 Å². The molecule has 0 bridgehead atoms. The maximum Gasteiger partial charge on any atom is 0.164 e. The van der Waals surface area contributed by atoms with E-state index in [1.54, 1.807) is 0 Å². The molecule has 0 atom stereocenters. The van der Waals surface area contributed by atoms with Crippen molar-refractivity contribution in [3.63, 3.8) is 0 Å². The van der Waals surface area contributed by atoms with Crippen LogP contribution in [0.2, 0.25) is 0 Å². The highest BCUT2D eigenvalue weighted by Gasteiger charge is 2.23. The highest BCUT2D eigenvalue weighted by Crippen LogP contribution is 2.45. The second kappa shape index (κ2) is 12.6. The second-order valence-corrected chi connectivity index (χ2v) is 12.1. The van der Waals surface area contributed by atoms with Gasteiger partial charge in [0, 0.05) is 33.5 Å². The lowest BCUT2D eigenvalue weighted by Crippen LogP contribution is -2.10. The summed E-state index contributed by atoms with van der Waals surface area (Å²) in [5.74, 6) is 1.78. The molecule has 0 unspecified atom stereocenters. The number of para-hydroxylation sites is 2. The molecule has 9 aromatic rings. The molecule has 5 heteroatoms. The molecule has 0 fully saturated rings. The van der Waals surface area contributed by atoms with Crippen LogP contribution in [0.1, 0.15) is 0 Å². The molecule has 2 heterocycles. The highest BCUT2D eigenvalue weighted by molar-refractivity contribution is 6.14. The molecule has 0 aliphatic rings. The first-order valence-corrected chi connectivity index (χ1v) is 16.6. The SMILES string of the molecule is c1ccc(-c2ccc(N(c3ccccc3)c3cc(-c4nc(-c5ccccc5)nc(-c5ccccc5)n4)cc4oc5ccccc5c34)cc2)cc1. The number of hydrogen-bond donors (Lipinski definition) is 0. The molecule has 236 valence electrons. The van der Waals surface area contributed by atoms with Crippen LogP contribution in [-0.4, -0.2) is 15.0 Å². The van der Waals surface area contributed by atoms with Crippen LogP contribution in [0.3, 0.4) is 0 Å². The molecule has 0 aliphatic carbocycles. The van der Waals surface area contributed by atoms with E-state index < -0.39 is 0 Å². The normalized spacial score (nSPS) is 11.2. The molecule has 5 nitrogen and oxygen atoms in total. The maximum absolute atomic E-state index is 6.59. The van der Waals surface area contributed by atoms with Crippen LogP contribution in [0.5, 0.6) is 0 Å². The first kappa shape index (κ1) is 29.3. The fraction of sp³-hybridized carbons (Fsp3) is 0. The van der Waals surface area contributed by atoms with E-state index in [0.29, 0.717) is 17.5 Å². The molecule has 0 N–H and O–H groups in total. The first-order chi connectivity index (χ1) is 24.8. The third kappa shape index (κ3) is 5.47. The molecule has 0 spiro atoms. The predicted octanol–water partition coefficient (Wildman–Crippen LogP) is 11.9. The average Bonchev–Trinajstić information content (AvgIpc) is 3.58. The topological polar surface area (TPSA) is 55.1 Å². The van der Waals surface area contributed by atoms with E-state index >= 15 is 0 Å². The van der Waals surface area contributed by atoms with Gasteiger partial charge in [0.15, 0.2) is 17.5 Å². The minimum atomic E-state index is 0.564. The maximum atomic E-state index is 6.59. The number of furan rings is 1. The molecule has 0 saturated carbocycles. The summed E-state index contributed by atoms with van der Waals surface area (Å²) in [6.45, 7) is 0. The summed E-state index contributed by atoms with van der Waals surface area (Å²) in [6, 6.07) is 62.2. The standard InChI is InChI=1S/C45H30N4O/c1-5-15-31(16-6-1)32-25-27-37(28-26-32)49(36-21-11-4-12-22-36)39-29-35(30-41-42(39)38-23-13-14-24-40(38)50-41)45-47-43(33-17-7-2-8-18-33)46-44(48-45)34-19-9-3-10-20-34/h1-30H. The number of fused-ring (bicyclic) bond motifs is 3. The van der Waals surface area contributed by atoms with Gasteiger partial charge in [-0.3, -0.25) is 0 Å². The molecule has 0 aliphatic heterocycles. The van der Waals surface area contributed by atoms with Crippen molar-refractivity contribution in [2.75, 3.05) is 4.90 Å². The predicted molar refractivity (Wildman–Crippen MR) is 204 cm³/mol. The van der Waals surface area contributed by atoms with Crippen LogP contribution < -0.4 is 4.90 Å². The highest BCUT2D eigenvalue weighted by atomic mass is 16.3. The van der Waals surface area contributed by atoms with Gasteiger partial charge < -0.3 is 9.32 Å². The fourth-order valence-corrected chi connectivity index (χ4v) is 6.51. The Hall–Kier alpha value is -6.85. The summed E-state index contributed by atoms with van der Waals surface area (Å²) in [6.07, 6.45) is 0. The summed E-state index contributed by atoms with van der Waals surface area (Å²) >= 11 is 0. The Kier molecular flexibility index (Phi) is 7.41. The molecule has 50 heavy (non-hydrogen) atoms. The van der Waals surface area contributed by atoms with E-state index in [2.05, 4.69) is 102 Å². The smallest absolute Gasteiger partial charge is 0.164 e. The van der Waals surface area contributed by atoms with Crippen molar-refractivity contribution in [3.05, 3.63) is 182 Å². The molecular formula is C45H30N4O. The summed E-state index contributed by atoms with van der Waals surface area (Å²) in [7, 11) is 0. The van der Waals surface area contributed by atoms with E-state index in [4.69, 9.17) is 19.4 Å². The van der Waals surface area contributed by atoms with Gasteiger partial charge in [-0.05, 0) is 53.6 Å². The van der Waals surface area contributed by atoms with Crippen molar-refractivity contribution in [1.29, 1.82) is 0 Å². The zero-order valence-corrected chi connectivity index (χ0v) is 27.0. The van der Waals surface area contributed by atoms with Gasteiger partial charge in [0.2, 0.25) is 0 Å². The van der Waals surface area contributed by atoms with Crippen molar-refractivity contribution in [2.24, 2.45) is 0 Å². The number of nitrogens with zero attached hydrogens (tertiary/aromatic N) is 4. The van der Waals surface area contributed by atoms with Crippen molar-refractivity contribution in [1.82, 2.24) is 15.0 Å².